The number of rotatable bonds is 4. The van der Waals surface area contributed by atoms with Gasteiger partial charge in [-0.2, -0.15) is 0 Å². The second-order valence-electron chi connectivity index (χ2n) is 4.91. The number of carboxylic acids is 1. The summed E-state index contributed by atoms with van der Waals surface area (Å²) in [5.41, 5.74) is 1.46. The Morgan fingerprint density at radius 2 is 2.17 bits per heavy atom. The highest BCUT2D eigenvalue weighted by Gasteiger charge is 2.22. The van der Waals surface area contributed by atoms with Crippen LogP contribution in [0.5, 0.6) is 0 Å². The Bertz CT molecular complexity index is 587. The standard InChI is InChI=1S/C13H16N2O3/c1-13(2,5-6-16)15-8-14-10-4-3-9(12(17)18)7-11(10)15/h3-4,7-8,16H,5-6H2,1-2H3,(H,17,18). The monoisotopic (exact) mass is 248 g/mol. The number of carbonyl (C=O) groups is 1. The van der Waals surface area contributed by atoms with Gasteiger partial charge in [0.1, 0.15) is 0 Å². The van der Waals surface area contributed by atoms with Crippen LogP contribution in [-0.2, 0) is 5.54 Å². The lowest BCUT2D eigenvalue weighted by Crippen LogP contribution is -2.26. The number of imidazole rings is 1. The predicted molar refractivity (Wildman–Crippen MR) is 67.7 cm³/mol. The normalized spacial score (nSPS) is 11.9. The zero-order chi connectivity index (χ0) is 13.3. The summed E-state index contributed by atoms with van der Waals surface area (Å²) in [7, 11) is 0. The summed E-state index contributed by atoms with van der Waals surface area (Å²) < 4.78 is 1.91. The largest absolute Gasteiger partial charge is 0.478 e. The molecule has 0 amide bonds. The Labute approximate surface area is 105 Å². The third-order valence-electron chi connectivity index (χ3n) is 3.17. The van der Waals surface area contributed by atoms with Crippen LogP contribution >= 0.6 is 0 Å². The summed E-state index contributed by atoms with van der Waals surface area (Å²) in [6, 6.07) is 4.86. The highest BCUT2D eigenvalue weighted by molar-refractivity contribution is 5.92. The molecule has 1 heterocycles. The lowest BCUT2D eigenvalue weighted by Gasteiger charge is -2.26. The van der Waals surface area contributed by atoms with Gasteiger partial charge in [-0.15, -0.1) is 0 Å². The van der Waals surface area contributed by atoms with Crippen molar-refractivity contribution in [3.05, 3.63) is 30.1 Å². The molecule has 2 N–H and O–H groups in total. The van der Waals surface area contributed by atoms with Gasteiger partial charge in [0.05, 0.1) is 22.9 Å². The lowest BCUT2D eigenvalue weighted by molar-refractivity contribution is 0.0697. The molecule has 1 aromatic heterocycles. The molecule has 0 atom stereocenters. The number of benzene rings is 1. The first-order chi connectivity index (χ1) is 8.45. The maximum Gasteiger partial charge on any atom is 0.335 e. The number of hydrogen-bond donors (Lipinski definition) is 2. The minimum atomic E-state index is -0.954. The molecule has 0 saturated heterocycles. The van der Waals surface area contributed by atoms with Gasteiger partial charge in [-0.1, -0.05) is 0 Å². The fourth-order valence-electron chi connectivity index (χ4n) is 2.02. The van der Waals surface area contributed by atoms with Crippen LogP contribution in [0, 0.1) is 0 Å². The molecule has 18 heavy (non-hydrogen) atoms. The molecule has 0 aliphatic rings. The second kappa shape index (κ2) is 4.42. The average Bonchev–Trinajstić information content (AvgIpc) is 2.71. The number of nitrogens with zero attached hydrogens (tertiary/aromatic N) is 2. The van der Waals surface area contributed by atoms with Crippen molar-refractivity contribution in [2.24, 2.45) is 0 Å². The van der Waals surface area contributed by atoms with E-state index < -0.39 is 5.97 Å². The van der Waals surface area contributed by atoms with Crippen LogP contribution in [0.15, 0.2) is 24.5 Å². The van der Waals surface area contributed by atoms with E-state index in [-0.39, 0.29) is 17.7 Å². The summed E-state index contributed by atoms with van der Waals surface area (Å²) in [4.78, 5) is 15.2. The Hall–Kier alpha value is -1.88. The summed E-state index contributed by atoms with van der Waals surface area (Å²) in [6.07, 6.45) is 2.27. The topological polar surface area (TPSA) is 75.3 Å². The zero-order valence-corrected chi connectivity index (χ0v) is 10.4. The van der Waals surface area contributed by atoms with Crippen molar-refractivity contribution >= 4 is 17.0 Å². The van der Waals surface area contributed by atoms with E-state index in [0.717, 1.165) is 11.0 Å². The smallest absolute Gasteiger partial charge is 0.335 e. The van der Waals surface area contributed by atoms with Crippen LogP contribution in [0.25, 0.3) is 11.0 Å². The number of aromatic carboxylic acids is 1. The van der Waals surface area contributed by atoms with Gasteiger partial charge in [-0.3, -0.25) is 0 Å². The van der Waals surface area contributed by atoms with Crippen LogP contribution in [0.4, 0.5) is 0 Å². The number of hydrogen-bond acceptors (Lipinski definition) is 3. The third-order valence-corrected chi connectivity index (χ3v) is 3.17. The van der Waals surface area contributed by atoms with Crippen molar-refractivity contribution in [2.75, 3.05) is 6.61 Å². The molecule has 0 unspecified atom stereocenters. The minimum absolute atomic E-state index is 0.0747. The minimum Gasteiger partial charge on any atom is -0.478 e. The fraction of sp³-hybridized carbons (Fsp3) is 0.385. The Morgan fingerprint density at radius 3 is 2.78 bits per heavy atom. The van der Waals surface area contributed by atoms with E-state index in [4.69, 9.17) is 10.2 Å². The van der Waals surface area contributed by atoms with E-state index in [1.807, 2.05) is 18.4 Å². The van der Waals surface area contributed by atoms with Gasteiger partial charge < -0.3 is 14.8 Å². The number of fused-ring (bicyclic) bond motifs is 1. The number of aliphatic hydroxyl groups is 1. The molecule has 0 fully saturated rings. The first kappa shape index (κ1) is 12.6. The molecule has 5 heteroatoms. The highest BCUT2D eigenvalue weighted by Crippen LogP contribution is 2.25. The Kier molecular flexibility index (Phi) is 3.09. The number of carboxylic acid groups (broad SMARTS) is 1. The molecule has 2 aromatic rings. The van der Waals surface area contributed by atoms with Crippen LogP contribution in [0.1, 0.15) is 30.6 Å². The van der Waals surface area contributed by atoms with Crippen molar-refractivity contribution < 1.29 is 15.0 Å². The predicted octanol–water partition coefficient (Wildman–Crippen LogP) is 1.85. The van der Waals surface area contributed by atoms with Crippen LogP contribution in [0.3, 0.4) is 0 Å². The average molecular weight is 248 g/mol. The van der Waals surface area contributed by atoms with Crippen LogP contribution in [0.2, 0.25) is 0 Å². The molecule has 0 aliphatic heterocycles. The van der Waals surface area contributed by atoms with E-state index in [1.165, 1.54) is 0 Å². The van der Waals surface area contributed by atoms with Gasteiger partial charge in [0.15, 0.2) is 0 Å². The van der Waals surface area contributed by atoms with E-state index in [1.54, 1.807) is 24.5 Å². The summed E-state index contributed by atoms with van der Waals surface area (Å²) >= 11 is 0. The quantitative estimate of drug-likeness (QED) is 0.865. The van der Waals surface area contributed by atoms with Crippen molar-refractivity contribution in [1.29, 1.82) is 0 Å². The van der Waals surface area contributed by atoms with Gasteiger partial charge in [-0.05, 0) is 38.5 Å². The first-order valence-corrected chi connectivity index (χ1v) is 5.77. The van der Waals surface area contributed by atoms with Gasteiger partial charge in [0.2, 0.25) is 0 Å². The second-order valence-corrected chi connectivity index (χ2v) is 4.91. The molecule has 5 nitrogen and oxygen atoms in total. The number of aromatic nitrogens is 2. The van der Waals surface area contributed by atoms with Crippen molar-refractivity contribution in [3.63, 3.8) is 0 Å². The highest BCUT2D eigenvalue weighted by atomic mass is 16.4. The van der Waals surface area contributed by atoms with E-state index >= 15 is 0 Å². The van der Waals surface area contributed by atoms with Gasteiger partial charge in [0.25, 0.3) is 0 Å². The molecule has 0 spiro atoms. The Morgan fingerprint density at radius 1 is 1.44 bits per heavy atom. The molecule has 0 saturated carbocycles. The van der Waals surface area contributed by atoms with Crippen molar-refractivity contribution in [3.8, 4) is 0 Å². The van der Waals surface area contributed by atoms with Crippen molar-refractivity contribution in [2.45, 2.75) is 25.8 Å². The van der Waals surface area contributed by atoms with E-state index in [0.29, 0.717) is 6.42 Å². The SMILES string of the molecule is CC(C)(CCO)n1cnc2ccc(C(=O)O)cc21. The molecular weight excluding hydrogens is 232 g/mol. The number of aliphatic hydroxyl groups excluding tert-OH is 1. The summed E-state index contributed by atoms with van der Waals surface area (Å²) in [6.45, 7) is 4.04. The maximum absolute atomic E-state index is 11.0. The van der Waals surface area contributed by atoms with Gasteiger partial charge in [-0.25, -0.2) is 9.78 Å². The van der Waals surface area contributed by atoms with Gasteiger partial charge in [0, 0.05) is 12.1 Å². The van der Waals surface area contributed by atoms with Crippen molar-refractivity contribution in [1.82, 2.24) is 9.55 Å². The Balaban J connectivity index is 2.58. The fourth-order valence-corrected chi connectivity index (χ4v) is 2.02. The molecule has 0 bridgehead atoms. The molecule has 0 radical (unpaired) electrons. The lowest BCUT2D eigenvalue weighted by atomic mass is 10.0. The zero-order valence-electron chi connectivity index (χ0n) is 10.4. The molecular formula is C13H16N2O3. The molecule has 0 aliphatic carbocycles. The van der Waals surface area contributed by atoms with Crippen LogP contribution in [-0.4, -0.2) is 32.3 Å². The molecule has 1 aromatic carbocycles. The van der Waals surface area contributed by atoms with Gasteiger partial charge >= 0.3 is 5.97 Å². The third kappa shape index (κ3) is 2.09. The summed E-state index contributed by atoms with van der Waals surface area (Å²) in [5, 5.41) is 18.1. The maximum atomic E-state index is 11.0. The molecule has 2 rings (SSSR count). The van der Waals surface area contributed by atoms with Crippen LogP contribution < -0.4 is 0 Å². The first-order valence-electron chi connectivity index (χ1n) is 5.77. The van der Waals surface area contributed by atoms with E-state index in [2.05, 4.69) is 4.98 Å². The van der Waals surface area contributed by atoms with E-state index in [9.17, 15) is 4.79 Å². The molecule has 96 valence electrons. The summed E-state index contributed by atoms with van der Waals surface area (Å²) in [5.74, 6) is -0.954.